The Bertz CT molecular complexity index is 584. The molecule has 7 nitrogen and oxygen atoms in total. The Morgan fingerprint density at radius 2 is 1.69 bits per heavy atom. The number of imide groups is 1. The first-order valence-electron chi connectivity index (χ1n) is 10.6. The summed E-state index contributed by atoms with van der Waals surface area (Å²) in [6, 6.07) is 0. The van der Waals surface area contributed by atoms with Gasteiger partial charge in [-0.05, 0) is 47.5 Å². The van der Waals surface area contributed by atoms with Gasteiger partial charge in [0.2, 0.25) is 17.7 Å². The molecule has 0 aliphatic carbocycles. The molecule has 0 aromatic rings. The highest BCUT2D eigenvalue weighted by Crippen LogP contribution is 2.20. The van der Waals surface area contributed by atoms with E-state index in [2.05, 4.69) is 5.32 Å². The predicted molar refractivity (Wildman–Crippen MR) is 113 cm³/mol. The average molecular weight is 413 g/mol. The van der Waals surface area contributed by atoms with Crippen LogP contribution in [0, 0.1) is 5.92 Å². The van der Waals surface area contributed by atoms with Crippen LogP contribution in [0.4, 0.5) is 0 Å². The Morgan fingerprint density at radius 3 is 2.17 bits per heavy atom. The van der Waals surface area contributed by atoms with Crippen molar-refractivity contribution in [3.05, 3.63) is 0 Å². The molecular weight excluding hydrogens is 372 g/mol. The van der Waals surface area contributed by atoms with Crippen LogP contribution in [0.1, 0.15) is 87.5 Å². The van der Waals surface area contributed by atoms with Crippen molar-refractivity contribution in [1.29, 1.82) is 0 Å². The lowest BCUT2D eigenvalue weighted by Gasteiger charge is -2.30. The summed E-state index contributed by atoms with van der Waals surface area (Å²) in [5, 5.41) is 2.94. The maximum Gasteiger partial charge on any atom is 0.232 e. The fourth-order valence-corrected chi connectivity index (χ4v) is 2.93. The molecule has 3 amide bonds. The highest BCUT2D eigenvalue weighted by Gasteiger charge is 2.35. The number of hydrogen-bond donors (Lipinski definition) is 1. The number of nitrogens with zero attached hydrogens (tertiary/aromatic N) is 1. The molecule has 7 heteroatoms. The quantitative estimate of drug-likeness (QED) is 0.526. The molecule has 0 saturated carbocycles. The summed E-state index contributed by atoms with van der Waals surface area (Å²) in [5.74, 6) is -0.755. The molecule has 1 N–H and O–H groups in total. The van der Waals surface area contributed by atoms with Gasteiger partial charge in [0.05, 0.1) is 5.60 Å². The lowest BCUT2D eigenvalue weighted by Crippen LogP contribution is -2.46. The number of likely N-dealkylation sites (tertiary alicyclic amines) is 1. The number of Topliss-reactive ketones (excluding diaryl/α,β-unsaturated/α-hetero) is 1. The van der Waals surface area contributed by atoms with E-state index < -0.39 is 5.54 Å². The summed E-state index contributed by atoms with van der Waals surface area (Å²) in [7, 11) is 0. The van der Waals surface area contributed by atoms with E-state index in [0.717, 1.165) is 0 Å². The second kappa shape index (κ2) is 12.1. The Hall–Kier alpha value is -1.76. The molecule has 1 unspecified atom stereocenters. The van der Waals surface area contributed by atoms with Crippen LogP contribution in [0.3, 0.4) is 0 Å². The van der Waals surface area contributed by atoms with Crippen molar-refractivity contribution in [2.24, 2.45) is 5.92 Å². The average Bonchev–Trinajstić information content (AvgIpc) is 2.84. The smallest absolute Gasteiger partial charge is 0.232 e. The third kappa shape index (κ3) is 10.5. The van der Waals surface area contributed by atoms with Crippen LogP contribution in [0.5, 0.6) is 0 Å². The third-order valence-corrected chi connectivity index (χ3v) is 4.81. The van der Waals surface area contributed by atoms with Gasteiger partial charge in [-0.1, -0.05) is 20.8 Å². The van der Waals surface area contributed by atoms with Crippen molar-refractivity contribution in [3.63, 3.8) is 0 Å². The van der Waals surface area contributed by atoms with Gasteiger partial charge in [0.1, 0.15) is 5.78 Å². The summed E-state index contributed by atoms with van der Waals surface area (Å²) in [5.41, 5.74) is -0.862. The lowest BCUT2D eigenvalue weighted by molar-refractivity contribution is -0.139. The molecule has 29 heavy (non-hydrogen) atoms. The lowest BCUT2D eigenvalue weighted by atomic mass is 9.99. The standard InChI is InChI=1S/C20H34N2O5.C2H6/c1-14-13-17(25)22(18(14)26)11-8-16(24)21-19(3,4)10-12-27-20(5,6)9-7-15(2)23;1-2/h14H,7-13H2,1-6H3,(H,21,24);1-2H3. The minimum atomic E-state index is -0.472. The van der Waals surface area contributed by atoms with Crippen LogP contribution in [-0.2, 0) is 23.9 Å². The van der Waals surface area contributed by atoms with Crippen LogP contribution < -0.4 is 5.32 Å². The van der Waals surface area contributed by atoms with Crippen LogP contribution in [-0.4, -0.2) is 52.7 Å². The van der Waals surface area contributed by atoms with Gasteiger partial charge in [-0.2, -0.15) is 0 Å². The number of carbonyl (C=O) groups excluding carboxylic acids is 4. The largest absolute Gasteiger partial charge is 0.375 e. The van der Waals surface area contributed by atoms with Crippen molar-refractivity contribution in [1.82, 2.24) is 10.2 Å². The second-order valence-electron chi connectivity index (χ2n) is 8.73. The van der Waals surface area contributed by atoms with Gasteiger partial charge in [-0.25, -0.2) is 0 Å². The number of ketones is 1. The van der Waals surface area contributed by atoms with E-state index in [-0.39, 0.29) is 54.4 Å². The molecule has 0 bridgehead atoms. The molecule has 1 saturated heterocycles. The summed E-state index contributed by atoms with van der Waals surface area (Å²) >= 11 is 0. The molecule has 1 atom stereocenters. The number of rotatable bonds is 11. The Kier molecular flexibility index (Phi) is 11.3. The van der Waals surface area contributed by atoms with E-state index in [9.17, 15) is 19.2 Å². The monoisotopic (exact) mass is 412 g/mol. The number of amides is 3. The zero-order valence-corrected chi connectivity index (χ0v) is 19.5. The van der Waals surface area contributed by atoms with Crippen molar-refractivity contribution in [2.75, 3.05) is 13.2 Å². The highest BCUT2D eigenvalue weighted by atomic mass is 16.5. The summed E-state index contributed by atoms with van der Waals surface area (Å²) < 4.78 is 5.88. The number of carbonyl (C=O) groups is 4. The molecule has 0 aromatic carbocycles. The maximum absolute atomic E-state index is 12.2. The van der Waals surface area contributed by atoms with E-state index in [1.807, 2.05) is 41.5 Å². The molecule has 0 aromatic heterocycles. The third-order valence-electron chi connectivity index (χ3n) is 4.81. The molecule has 0 radical (unpaired) electrons. The van der Waals surface area contributed by atoms with E-state index in [4.69, 9.17) is 4.74 Å². The molecule has 1 heterocycles. The van der Waals surface area contributed by atoms with Crippen LogP contribution in [0.25, 0.3) is 0 Å². The first-order chi connectivity index (χ1) is 13.3. The van der Waals surface area contributed by atoms with Crippen LogP contribution in [0.15, 0.2) is 0 Å². The Balaban J connectivity index is 0.00000379. The van der Waals surface area contributed by atoms with Crippen LogP contribution >= 0.6 is 0 Å². The summed E-state index contributed by atoms with van der Waals surface area (Å²) in [6.45, 7) is 15.6. The fourth-order valence-electron chi connectivity index (χ4n) is 2.93. The number of nitrogens with one attached hydrogen (secondary N) is 1. The molecule has 1 aliphatic rings. The van der Waals surface area contributed by atoms with Crippen LogP contribution in [0.2, 0.25) is 0 Å². The van der Waals surface area contributed by atoms with Gasteiger partial charge in [0.25, 0.3) is 0 Å². The minimum Gasteiger partial charge on any atom is -0.375 e. The number of ether oxygens (including phenoxy) is 1. The first-order valence-corrected chi connectivity index (χ1v) is 10.6. The zero-order valence-electron chi connectivity index (χ0n) is 19.5. The topological polar surface area (TPSA) is 92.8 Å². The number of hydrogen-bond acceptors (Lipinski definition) is 5. The van der Waals surface area contributed by atoms with Crippen molar-refractivity contribution in [3.8, 4) is 0 Å². The maximum atomic E-state index is 12.2. The molecular formula is C22H40N2O5. The molecule has 168 valence electrons. The summed E-state index contributed by atoms with van der Waals surface area (Å²) in [6.07, 6.45) is 2.08. The van der Waals surface area contributed by atoms with E-state index >= 15 is 0 Å². The van der Waals surface area contributed by atoms with E-state index in [1.54, 1.807) is 13.8 Å². The normalized spacial score (nSPS) is 17.1. The van der Waals surface area contributed by atoms with Gasteiger partial charge in [-0.15, -0.1) is 0 Å². The van der Waals surface area contributed by atoms with E-state index in [0.29, 0.717) is 25.9 Å². The molecule has 1 aliphatic heterocycles. The van der Waals surface area contributed by atoms with Crippen molar-refractivity contribution < 1.29 is 23.9 Å². The zero-order chi connectivity index (χ0) is 22.8. The van der Waals surface area contributed by atoms with Gasteiger partial charge in [0, 0.05) is 43.9 Å². The van der Waals surface area contributed by atoms with Gasteiger partial charge in [-0.3, -0.25) is 19.3 Å². The molecule has 1 fully saturated rings. The molecule has 0 spiro atoms. The van der Waals surface area contributed by atoms with Crippen molar-refractivity contribution in [2.45, 2.75) is 98.6 Å². The minimum absolute atomic E-state index is 0.0958. The van der Waals surface area contributed by atoms with Crippen molar-refractivity contribution >= 4 is 23.5 Å². The van der Waals surface area contributed by atoms with Gasteiger partial charge < -0.3 is 14.8 Å². The Labute approximate surface area is 175 Å². The fraction of sp³-hybridized carbons (Fsp3) is 0.818. The SMILES string of the molecule is CC.CC(=O)CCC(C)(C)OCCC(C)(C)NC(=O)CCN1C(=O)CC(C)C1=O. The highest BCUT2D eigenvalue weighted by molar-refractivity contribution is 6.03. The molecule has 1 rings (SSSR count). The van der Waals surface area contributed by atoms with Gasteiger partial charge in [0.15, 0.2) is 0 Å². The Morgan fingerprint density at radius 1 is 1.10 bits per heavy atom. The first kappa shape index (κ1) is 27.2. The predicted octanol–water partition coefficient (Wildman–Crippen LogP) is 3.25. The van der Waals surface area contributed by atoms with E-state index in [1.165, 1.54) is 4.90 Å². The summed E-state index contributed by atoms with van der Waals surface area (Å²) in [4.78, 5) is 48.1. The van der Waals surface area contributed by atoms with Gasteiger partial charge >= 0.3 is 0 Å². The second-order valence-corrected chi connectivity index (χ2v) is 8.73.